The van der Waals surface area contributed by atoms with Crippen molar-refractivity contribution in [3.05, 3.63) is 35.0 Å². The number of carbonyl (C=O) groups is 1. The van der Waals surface area contributed by atoms with Crippen LogP contribution in [0.4, 0.5) is 0 Å². The van der Waals surface area contributed by atoms with Crippen LogP contribution in [0, 0.1) is 13.8 Å². The van der Waals surface area contributed by atoms with Gasteiger partial charge in [0.1, 0.15) is 11.5 Å². The van der Waals surface area contributed by atoms with Gasteiger partial charge in [0.05, 0.1) is 19.9 Å². The lowest BCUT2D eigenvalue weighted by Crippen LogP contribution is -1.97. The minimum atomic E-state index is 0.727. The largest absolute Gasteiger partial charge is 0.497 e. The Bertz CT molecular complexity index is 656. The molecule has 20 heavy (non-hydrogen) atoms. The van der Waals surface area contributed by atoms with E-state index in [0.717, 1.165) is 45.9 Å². The molecule has 0 fully saturated rings. The van der Waals surface area contributed by atoms with E-state index in [9.17, 15) is 4.79 Å². The lowest BCUT2D eigenvalue weighted by atomic mass is 10.0. The van der Waals surface area contributed by atoms with Gasteiger partial charge in [-0.2, -0.15) is 0 Å². The van der Waals surface area contributed by atoms with Crippen molar-refractivity contribution in [2.24, 2.45) is 7.05 Å². The van der Waals surface area contributed by atoms with Crippen LogP contribution in [-0.2, 0) is 7.05 Å². The number of nitrogens with zero attached hydrogens (tertiary/aromatic N) is 1. The molecule has 0 aliphatic heterocycles. The zero-order chi connectivity index (χ0) is 14.9. The number of aldehydes is 1. The molecule has 0 unspecified atom stereocenters. The fraction of sp³-hybridized carbons (Fsp3) is 0.312. The van der Waals surface area contributed by atoms with Gasteiger partial charge < -0.3 is 14.0 Å². The second kappa shape index (κ2) is 5.41. The average Bonchev–Trinajstić information content (AvgIpc) is 2.68. The molecule has 1 aromatic carbocycles. The van der Waals surface area contributed by atoms with E-state index in [2.05, 4.69) is 0 Å². The second-order valence-electron chi connectivity index (χ2n) is 4.72. The van der Waals surface area contributed by atoms with Gasteiger partial charge in [0, 0.05) is 29.9 Å². The summed E-state index contributed by atoms with van der Waals surface area (Å²) in [6, 6.07) is 5.69. The molecule has 0 atom stereocenters. The van der Waals surface area contributed by atoms with Crippen molar-refractivity contribution in [1.82, 2.24) is 4.57 Å². The van der Waals surface area contributed by atoms with E-state index < -0.39 is 0 Å². The van der Waals surface area contributed by atoms with Gasteiger partial charge >= 0.3 is 0 Å². The van der Waals surface area contributed by atoms with Crippen LogP contribution in [0.2, 0.25) is 0 Å². The monoisotopic (exact) mass is 273 g/mol. The number of hydrogen-bond acceptors (Lipinski definition) is 3. The standard InChI is InChI=1S/C16H19NO3/c1-10-14(9-18)11(2)17(3)16(10)13-7-6-12(19-4)8-15(13)20-5/h6-9H,1-5H3. The van der Waals surface area contributed by atoms with E-state index in [-0.39, 0.29) is 0 Å². The first-order chi connectivity index (χ1) is 9.54. The first kappa shape index (κ1) is 14.2. The van der Waals surface area contributed by atoms with E-state index in [1.165, 1.54) is 0 Å². The molecule has 0 N–H and O–H groups in total. The van der Waals surface area contributed by atoms with E-state index in [1.807, 2.05) is 43.7 Å². The van der Waals surface area contributed by atoms with Crippen LogP contribution in [0.3, 0.4) is 0 Å². The molecule has 0 aliphatic carbocycles. The van der Waals surface area contributed by atoms with Gasteiger partial charge in [0.15, 0.2) is 6.29 Å². The number of carbonyl (C=O) groups excluding carboxylic acids is 1. The predicted octanol–water partition coefficient (Wildman–Crippen LogP) is 3.14. The zero-order valence-electron chi connectivity index (χ0n) is 12.5. The summed E-state index contributed by atoms with van der Waals surface area (Å²) in [5.74, 6) is 1.47. The first-order valence-electron chi connectivity index (χ1n) is 6.38. The summed E-state index contributed by atoms with van der Waals surface area (Å²) in [5.41, 5.74) is 4.59. The van der Waals surface area contributed by atoms with Crippen LogP contribution in [-0.4, -0.2) is 25.1 Å². The summed E-state index contributed by atoms with van der Waals surface area (Å²) in [5, 5.41) is 0. The fourth-order valence-corrected chi connectivity index (χ4v) is 2.55. The van der Waals surface area contributed by atoms with Crippen LogP contribution < -0.4 is 9.47 Å². The van der Waals surface area contributed by atoms with Crippen molar-refractivity contribution in [2.75, 3.05) is 14.2 Å². The molecule has 2 aromatic rings. The van der Waals surface area contributed by atoms with Crippen molar-refractivity contribution in [3.63, 3.8) is 0 Å². The summed E-state index contributed by atoms with van der Waals surface area (Å²) in [6.07, 6.45) is 0.907. The molecule has 4 heteroatoms. The minimum absolute atomic E-state index is 0.727. The van der Waals surface area contributed by atoms with Crippen molar-refractivity contribution in [2.45, 2.75) is 13.8 Å². The lowest BCUT2D eigenvalue weighted by molar-refractivity contribution is 0.112. The maximum absolute atomic E-state index is 11.2. The van der Waals surface area contributed by atoms with E-state index in [1.54, 1.807) is 14.2 Å². The Kier molecular flexibility index (Phi) is 3.84. The van der Waals surface area contributed by atoms with E-state index >= 15 is 0 Å². The fourth-order valence-electron chi connectivity index (χ4n) is 2.55. The molecule has 106 valence electrons. The Morgan fingerprint density at radius 3 is 2.35 bits per heavy atom. The molecule has 1 aromatic heterocycles. The highest BCUT2D eigenvalue weighted by Crippen LogP contribution is 2.37. The molecule has 0 spiro atoms. The predicted molar refractivity (Wildman–Crippen MR) is 78.8 cm³/mol. The number of aromatic nitrogens is 1. The van der Waals surface area contributed by atoms with Crippen LogP contribution in [0.15, 0.2) is 18.2 Å². The van der Waals surface area contributed by atoms with Crippen molar-refractivity contribution in [3.8, 4) is 22.8 Å². The quantitative estimate of drug-likeness (QED) is 0.803. The number of hydrogen-bond donors (Lipinski definition) is 0. The van der Waals surface area contributed by atoms with Gasteiger partial charge in [-0.1, -0.05) is 0 Å². The van der Waals surface area contributed by atoms with Crippen molar-refractivity contribution >= 4 is 6.29 Å². The van der Waals surface area contributed by atoms with Gasteiger partial charge in [0.2, 0.25) is 0 Å². The van der Waals surface area contributed by atoms with Gasteiger partial charge in [-0.25, -0.2) is 0 Å². The third-order valence-corrected chi connectivity index (χ3v) is 3.77. The normalized spacial score (nSPS) is 10.4. The Balaban J connectivity index is 2.71. The minimum Gasteiger partial charge on any atom is -0.497 e. The Morgan fingerprint density at radius 2 is 1.85 bits per heavy atom. The summed E-state index contributed by atoms with van der Waals surface area (Å²) in [6.45, 7) is 3.89. The molecule has 0 aliphatic rings. The maximum Gasteiger partial charge on any atom is 0.152 e. The lowest BCUT2D eigenvalue weighted by Gasteiger charge is -2.13. The second-order valence-corrected chi connectivity index (χ2v) is 4.72. The van der Waals surface area contributed by atoms with E-state index in [4.69, 9.17) is 9.47 Å². The van der Waals surface area contributed by atoms with Crippen LogP contribution in [0.5, 0.6) is 11.5 Å². The van der Waals surface area contributed by atoms with Gasteiger partial charge in [-0.05, 0) is 31.5 Å². The van der Waals surface area contributed by atoms with E-state index in [0.29, 0.717) is 0 Å². The average molecular weight is 273 g/mol. The zero-order valence-corrected chi connectivity index (χ0v) is 12.5. The molecule has 0 saturated heterocycles. The van der Waals surface area contributed by atoms with Crippen LogP contribution in [0.25, 0.3) is 11.3 Å². The molecule has 0 radical (unpaired) electrons. The SMILES string of the molecule is COc1ccc(-c2c(C)c(C=O)c(C)n2C)c(OC)c1. The number of benzene rings is 1. The summed E-state index contributed by atoms with van der Waals surface area (Å²) in [4.78, 5) is 11.2. The summed E-state index contributed by atoms with van der Waals surface area (Å²) in [7, 11) is 5.20. The van der Waals surface area contributed by atoms with Gasteiger partial charge in [-0.15, -0.1) is 0 Å². The van der Waals surface area contributed by atoms with Gasteiger partial charge in [-0.3, -0.25) is 4.79 Å². The molecule has 1 heterocycles. The molecule has 4 nitrogen and oxygen atoms in total. The first-order valence-corrected chi connectivity index (χ1v) is 6.38. The number of rotatable bonds is 4. The Morgan fingerprint density at radius 1 is 1.15 bits per heavy atom. The van der Waals surface area contributed by atoms with Crippen molar-refractivity contribution in [1.29, 1.82) is 0 Å². The molecule has 0 amide bonds. The maximum atomic E-state index is 11.2. The van der Waals surface area contributed by atoms with Crippen LogP contribution in [0.1, 0.15) is 21.6 Å². The molecular formula is C16H19NO3. The summed E-state index contributed by atoms with van der Waals surface area (Å²) < 4.78 is 12.7. The smallest absolute Gasteiger partial charge is 0.152 e. The third-order valence-electron chi connectivity index (χ3n) is 3.77. The number of ether oxygens (including phenoxy) is 2. The molecule has 0 bridgehead atoms. The number of methoxy groups -OCH3 is 2. The van der Waals surface area contributed by atoms with Crippen molar-refractivity contribution < 1.29 is 14.3 Å². The Hall–Kier alpha value is -2.23. The highest BCUT2D eigenvalue weighted by atomic mass is 16.5. The molecule has 2 rings (SSSR count). The summed E-state index contributed by atoms with van der Waals surface area (Å²) >= 11 is 0. The van der Waals surface area contributed by atoms with Crippen LogP contribution >= 0.6 is 0 Å². The molecule has 0 saturated carbocycles. The highest BCUT2D eigenvalue weighted by molar-refractivity contribution is 5.86. The van der Waals surface area contributed by atoms with Gasteiger partial charge in [0.25, 0.3) is 0 Å². The third kappa shape index (κ3) is 2.07. The Labute approximate surface area is 118 Å². The molecular weight excluding hydrogens is 254 g/mol. The highest BCUT2D eigenvalue weighted by Gasteiger charge is 2.19. The topological polar surface area (TPSA) is 40.5 Å².